The number of rotatable bonds is 4. The number of hydrogen-bond acceptors (Lipinski definition) is 5. The van der Waals surface area contributed by atoms with Crippen LogP contribution in [0.4, 0.5) is 0 Å². The lowest BCUT2D eigenvalue weighted by Gasteiger charge is -2.37. The van der Waals surface area contributed by atoms with E-state index in [1.165, 1.54) is 22.9 Å². The quantitative estimate of drug-likeness (QED) is 0.299. The molecule has 3 aliphatic rings. The van der Waals surface area contributed by atoms with Gasteiger partial charge in [-0.25, -0.2) is 4.98 Å². The second-order valence-electron chi connectivity index (χ2n) is 8.67. The zero-order valence-electron chi connectivity index (χ0n) is 17.7. The van der Waals surface area contributed by atoms with E-state index >= 15 is 0 Å². The lowest BCUT2D eigenvalue weighted by Crippen LogP contribution is -2.39. The van der Waals surface area contributed by atoms with Crippen LogP contribution >= 0.6 is 11.8 Å². The lowest BCUT2D eigenvalue weighted by molar-refractivity contribution is -0.131. The molecule has 0 bridgehead atoms. The number of carbonyl (C=O) groups is 1. The van der Waals surface area contributed by atoms with Gasteiger partial charge < -0.3 is 4.74 Å². The Morgan fingerprint density at radius 3 is 2.77 bits per heavy atom. The van der Waals surface area contributed by atoms with Crippen LogP contribution in [-0.4, -0.2) is 21.3 Å². The third-order valence-corrected chi connectivity index (χ3v) is 7.72. The highest BCUT2D eigenvalue weighted by Gasteiger charge is 2.45. The summed E-state index contributed by atoms with van der Waals surface area (Å²) in [6, 6.07) is 9.03. The van der Waals surface area contributed by atoms with Crippen molar-refractivity contribution >= 4 is 23.3 Å². The summed E-state index contributed by atoms with van der Waals surface area (Å²) in [5, 5.41) is 0.574. The molecule has 2 aromatic rings. The van der Waals surface area contributed by atoms with E-state index in [0.717, 1.165) is 56.2 Å². The monoisotopic (exact) mass is 434 g/mol. The standard InChI is InChI=1S/C25H26N2O3S/c1-27-23(29)21-22(19-12-6-5-9-17(19)15-25(21)13-7-8-14-25)26-24(27)31-16-20(28)30-18-10-3-2-4-11-18/h2-5,9-11H,6-8,12-16H2,1H3. The van der Waals surface area contributed by atoms with Crippen molar-refractivity contribution in [1.82, 2.24) is 9.55 Å². The molecule has 5 rings (SSSR count). The van der Waals surface area contributed by atoms with E-state index in [0.29, 0.717) is 10.9 Å². The second kappa shape index (κ2) is 8.15. The molecule has 160 valence electrons. The van der Waals surface area contributed by atoms with Crippen LogP contribution in [0.3, 0.4) is 0 Å². The fraction of sp³-hybridized carbons (Fsp3) is 0.400. The van der Waals surface area contributed by atoms with Gasteiger partial charge in [-0.1, -0.05) is 55.0 Å². The molecule has 1 fully saturated rings. The molecule has 0 radical (unpaired) electrons. The average molecular weight is 435 g/mol. The van der Waals surface area contributed by atoms with Crippen molar-refractivity contribution in [3.05, 3.63) is 69.7 Å². The van der Waals surface area contributed by atoms with Gasteiger partial charge in [-0.05, 0) is 55.4 Å². The van der Waals surface area contributed by atoms with Crippen molar-refractivity contribution in [3.8, 4) is 5.75 Å². The zero-order valence-corrected chi connectivity index (χ0v) is 18.5. The number of para-hydroxylation sites is 1. The molecule has 5 nitrogen and oxygen atoms in total. The predicted octanol–water partition coefficient (Wildman–Crippen LogP) is 4.80. The Balaban J connectivity index is 1.48. The van der Waals surface area contributed by atoms with E-state index < -0.39 is 0 Å². The first-order valence-corrected chi connectivity index (χ1v) is 11.9. The summed E-state index contributed by atoms with van der Waals surface area (Å²) in [6.07, 6.45) is 11.8. The SMILES string of the molecule is Cn1c(SCC(=O)Oc2ccccc2)nc2c(c1=O)C1(CCCC1)CC1=C2CCC=C1. The van der Waals surface area contributed by atoms with Gasteiger partial charge in [0.15, 0.2) is 5.16 Å². The molecule has 0 amide bonds. The number of ether oxygens (including phenoxy) is 1. The van der Waals surface area contributed by atoms with Crippen LogP contribution in [0.2, 0.25) is 0 Å². The Morgan fingerprint density at radius 1 is 1.23 bits per heavy atom. The molecule has 1 heterocycles. The van der Waals surface area contributed by atoms with Crippen molar-refractivity contribution in [2.24, 2.45) is 7.05 Å². The molecule has 1 aromatic carbocycles. The molecule has 31 heavy (non-hydrogen) atoms. The van der Waals surface area contributed by atoms with Crippen LogP contribution < -0.4 is 10.3 Å². The van der Waals surface area contributed by atoms with E-state index in [1.807, 2.05) is 18.2 Å². The molecule has 6 heteroatoms. The maximum Gasteiger partial charge on any atom is 0.321 e. The van der Waals surface area contributed by atoms with E-state index in [1.54, 1.807) is 23.7 Å². The van der Waals surface area contributed by atoms with E-state index in [4.69, 9.17) is 9.72 Å². The first kappa shape index (κ1) is 20.3. The summed E-state index contributed by atoms with van der Waals surface area (Å²) in [5.41, 5.74) is 4.34. The Kier molecular flexibility index (Phi) is 5.34. The van der Waals surface area contributed by atoms with E-state index in [-0.39, 0.29) is 22.7 Å². The number of thioether (sulfide) groups is 1. The third kappa shape index (κ3) is 3.67. The summed E-state index contributed by atoms with van der Waals surface area (Å²) in [7, 11) is 1.77. The highest BCUT2D eigenvalue weighted by Crippen LogP contribution is 2.52. The highest BCUT2D eigenvalue weighted by atomic mass is 32.2. The Bertz CT molecular complexity index is 1140. The number of hydrogen-bond donors (Lipinski definition) is 0. The molecular formula is C25H26N2O3S. The van der Waals surface area contributed by atoms with Crippen LogP contribution in [0.25, 0.3) is 5.57 Å². The third-order valence-electron chi connectivity index (χ3n) is 6.72. The minimum absolute atomic E-state index is 0.0481. The zero-order chi connectivity index (χ0) is 21.4. The second-order valence-corrected chi connectivity index (χ2v) is 9.61. The summed E-state index contributed by atoms with van der Waals surface area (Å²) in [5.74, 6) is 0.272. The summed E-state index contributed by atoms with van der Waals surface area (Å²) < 4.78 is 7.02. The molecule has 0 atom stereocenters. The summed E-state index contributed by atoms with van der Waals surface area (Å²) >= 11 is 1.27. The van der Waals surface area contributed by atoms with E-state index in [9.17, 15) is 9.59 Å². The summed E-state index contributed by atoms with van der Waals surface area (Å²) in [4.78, 5) is 30.9. The molecule has 0 unspecified atom stereocenters. The van der Waals surface area contributed by atoms with Crippen molar-refractivity contribution in [2.75, 3.05) is 5.75 Å². The molecule has 3 aliphatic carbocycles. The van der Waals surface area contributed by atoms with Gasteiger partial charge in [0.2, 0.25) is 0 Å². The maximum atomic E-state index is 13.6. The van der Waals surface area contributed by atoms with E-state index in [2.05, 4.69) is 12.2 Å². The van der Waals surface area contributed by atoms with Crippen molar-refractivity contribution in [1.29, 1.82) is 0 Å². The van der Waals surface area contributed by atoms with Crippen molar-refractivity contribution < 1.29 is 9.53 Å². The molecule has 0 N–H and O–H groups in total. The predicted molar refractivity (Wildman–Crippen MR) is 122 cm³/mol. The maximum absolute atomic E-state index is 13.6. The fourth-order valence-corrected chi connectivity index (χ4v) is 6.00. The first-order valence-electron chi connectivity index (χ1n) is 11.0. The largest absolute Gasteiger partial charge is 0.426 e. The van der Waals surface area contributed by atoms with Crippen LogP contribution in [0.15, 0.2) is 58.0 Å². The summed E-state index contributed by atoms with van der Waals surface area (Å²) in [6.45, 7) is 0. The Labute approximate surface area is 186 Å². The van der Waals surface area contributed by atoms with Gasteiger partial charge in [-0.3, -0.25) is 14.2 Å². The first-order chi connectivity index (χ1) is 15.1. The van der Waals surface area contributed by atoms with Gasteiger partial charge in [0.25, 0.3) is 5.56 Å². The van der Waals surface area contributed by atoms with Crippen LogP contribution in [0.1, 0.15) is 56.2 Å². The van der Waals surface area contributed by atoms with Gasteiger partial charge in [-0.2, -0.15) is 0 Å². The van der Waals surface area contributed by atoms with Crippen LogP contribution in [-0.2, 0) is 17.3 Å². The van der Waals surface area contributed by atoms with Gasteiger partial charge in [0, 0.05) is 12.5 Å². The molecule has 1 saturated carbocycles. The minimum Gasteiger partial charge on any atom is -0.426 e. The fourth-order valence-electron chi connectivity index (χ4n) is 5.26. The number of benzene rings is 1. The highest BCUT2D eigenvalue weighted by molar-refractivity contribution is 7.99. The normalized spacial score (nSPS) is 18.7. The Morgan fingerprint density at radius 2 is 2.00 bits per heavy atom. The number of nitrogens with zero attached hydrogens (tertiary/aromatic N) is 2. The molecule has 1 aromatic heterocycles. The van der Waals surface area contributed by atoms with Gasteiger partial charge in [-0.15, -0.1) is 0 Å². The van der Waals surface area contributed by atoms with Crippen LogP contribution in [0.5, 0.6) is 5.75 Å². The molecular weight excluding hydrogens is 408 g/mol. The van der Waals surface area contributed by atoms with Crippen LogP contribution in [0, 0.1) is 0 Å². The number of carbonyl (C=O) groups excluding carboxylic acids is 1. The Hall–Kier alpha value is -2.60. The lowest BCUT2D eigenvalue weighted by atomic mass is 9.67. The molecule has 0 saturated heterocycles. The number of fused-ring (bicyclic) bond motifs is 3. The van der Waals surface area contributed by atoms with Gasteiger partial charge in [0.1, 0.15) is 5.75 Å². The van der Waals surface area contributed by atoms with Gasteiger partial charge >= 0.3 is 5.97 Å². The van der Waals surface area contributed by atoms with Crippen molar-refractivity contribution in [3.63, 3.8) is 0 Å². The number of esters is 1. The smallest absolute Gasteiger partial charge is 0.321 e. The van der Waals surface area contributed by atoms with Gasteiger partial charge in [0.05, 0.1) is 17.0 Å². The average Bonchev–Trinajstić information content (AvgIpc) is 3.24. The minimum atomic E-state index is -0.351. The van der Waals surface area contributed by atoms with Crippen molar-refractivity contribution in [2.45, 2.75) is 55.5 Å². The topological polar surface area (TPSA) is 61.2 Å². The number of allylic oxidation sites excluding steroid dienone is 4. The molecule has 0 aliphatic heterocycles. The number of aromatic nitrogens is 2. The molecule has 1 spiro atoms.